The average molecular weight is 252 g/mol. The molecule has 0 bridgehead atoms. The second kappa shape index (κ2) is 7.05. The van der Waals surface area contributed by atoms with Gasteiger partial charge in [0.15, 0.2) is 0 Å². The first-order valence-corrected chi connectivity index (χ1v) is 5.36. The molecule has 7 heteroatoms. The Morgan fingerprint density at radius 2 is 2.00 bits per heavy atom. The van der Waals surface area contributed by atoms with Gasteiger partial charge in [-0.1, -0.05) is 17.7 Å². The summed E-state index contributed by atoms with van der Waals surface area (Å²) in [4.78, 5) is 0. The van der Waals surface area contributed by atoms with Crippen molar-refractivity contribution in [3.05, 3.63) is 35.9 Å². The Hall–Kier alpha value is -0.370. The third-order valence-corrected chi connectivity index (χ3v) is 1.49. The minimum Gasteiger partial charge on any atom is -0.547 e. The summed E-state index contributed by atoms with van der Waals surface area (Å²) in [7, 11) is -4.67. The zero-order valence-electron chi connectivity index (χ0n) is 8.62. The molecular formula is C9H9NaO5S. The smallest absolute Gasteiger partial charge is 0.547 e. The zero-order chi connectivity index (χ0) is 11.3. The van der Waals surface area contributed by atoms with Gasteiger partial charge in [-0.3, -0.25) is 9.11 Å². The normalized spacial score (nSPS) is 12.4. The SMILES string of the molecule is O=S(=O)(O)O.[Na+].[c-]1ccc2c(c1)OCC=C2. The second-order valence-corrected chi connectivity index (χ2v) is 3.52. The quantitative estimate of drug-likeness (QED) is 0.325. The molecule has 0 radical (unpaired) electrons. The summed E-state index contributed by atoms with van der Waals surface area (Å²) in [5.41, 5.74) is 1.14. The van der Waals surface area contributed by atoms with E-state index in [1.54, 1.807) is 0 Å². The van der Waals surface area contributed by atoms with E-state index in [1.807, 2.05) is 24.3 Å². The van der Waals surface area contributed by atoms with Crippen molar-refractivity contribution in [1.29, 1.82) is 0 Å². The molecule has 5 nitrogen and oxygen atoms in total. The van der Waals surface area contributed by atoms with Crippen molar-refractivity contribution < 1.29 is 51.8 Å². The van der Waals surface area contributed by atoms with Gasteiger partial charge in [-0.2, -0.15) is 26.6 Å². The molecule has 0 amide bonds. The molecule has 1 aromatic rings. The van der Waals surface area contributed by atoms with Crippen LogP contribution in [0.5, 0.6) is 5.75 Å². The maximum absolute atomic E-state index is 8.74. The maximum atomic E-state index is 8.74. The minimum atomic E-state index is -4.67. The van der Waals surface area contributed by atoms with Crippen molar-refractivity contribution in [1.82, 2.24) is 0 Å². The van der Waals surface area contributed by atoms with Gasteiger partial charge in [-0.25, -0.2) is 0 Å². The molecule has 0 aromatic heterocycles. The van der Waals surface area contributed by atoms with Crippen molar-refractivity contribution >= 4 is 16.5 Å². The van der Waals surface area contributed by atoms with Crippen LogP contribution in [0.2, 0.25) is 0 Å². The molecule has 0 fully saturated rings. The van der Waals surface area contributed by atoms with E-state index in [4.69, 9.17) is 22.3 Å². The molecule has 1 aliphatic rings. The molecule has 0 unspecified atom stereocenters. The van der Waals surface area contributed by atoms with Crippen LogP contribution in [0, 0.1) is 6.07 Å². The van der Waals surface area contributed by atoms with E-state index in [-0.39, 0.29) is 29.6 Å². The number of hydrogen-bond acceptors (Lipinski definition) is 3. The van der Waals surface area contributed by atoms with Gasteiger partial charge >= 0.3 is 40.0 Å². The fraction of sp³-hybridized carbons (Fsp3) is 0.111. The number of hydrogen-bond donors (Lipinski definition) is 2. The first-order valence-electron chi connectivity index (χ1n) is 3.96. The van der Waals surface area contributed by atoms with E-state index in [9.17, 15) is 0 Å². The van der Waals surface area contributed by atoms with Crippen LogP contribution in [0.25, 0.3) is 6.08 Å². The fourth-order valence-corrected chi connectivity index (χ4v) is 1.00. The predicted octanol–water partition coefficient (Wildman–Crippen LogP) is -1.76. The molecule has 0 saturated heterocycles. The third-order valence-electron chi connectivity index (χ3n) is 1.49. The number of benzene rings is 1. The molecule has 0 atom stereocenters. The Morgan fingerprint density at radius 3 is 2.56 bits per heavy atom. The standard InChI is InChI=1S/C9H7O.Na.H2O4S/c1-2-6-9-8(4-1)5-3-7-10-9;;1-5(2,3)4/h1,3-6H,7H2;;(H2,1,2,3,4)/q-1;+1;. The van der Waals surface area contributed by atoms with Gasteiger partial charge in [0, 0.05) is 5.75 Å². The molecule has 0 saturated carbocycles. The third kappa shape index (κ3) is 7.00. The van der Waals surface area contributed by atoms with Gasteiger partial charge in [0.05, 0.1) is 6.61 Å². The van der Waals surface area contributed by atoms with E-state index in [1.165, 1.54) is 0 Å². The molecule has 1 aromatic carbocycles. The molecule has 1 heterocycles. The Balaban J connectivity index is 0.000000330. The fourth-order valence-electron chi connectivity index (χ4n) is 1.00. The monoisotopic (exact) mass is 252 g/mol. The topological polar surface area (TPSA) is 83.8 Å². The van der Waals surface area contributed by atoms with Gasteiger partial charge in [0.1, 0.15) is 0 Å². The molecule has 0 aliphatic carbocycles. The van der Waals surface area contributed by atoms with Crippen molar-refractivity contribution in [2.24, 2.45) is 0 Å². The summed E-state index contributed by atoms with van der Waals surface area (Å²) < 4.78 is 36.9. The molecule has 0 spiro atoms. The first-order chi connectivity index (χ1) is 6.97. The minimum absolute atomic E-state index is 0. The van der Waals surface area contributed by atoms with Gasteiger partial charge in [0.25, 0.3) is 0 Å². The van der Waals surface area contributed by atoms with Gasteiger partial charge < -0.3 is 4.74 Å². The summed E-state index contributed by atoms with van der Waals surface area (Å²) in [6.45, 7) is 0.685. The molecule has 82 valence electrons. The van der Waals surface area contributed by atoms with E-state index in [0.29, 0.717) is 6.61 Å². The predicted molar refractivity (Wildman–Crippen MR) is 54.0 cm³/mol. The average Bonchev–Trinajstić information content (AvgIpc) is 2.16. The van der Waals surface area contributed by atoms with Gasteiger partial charge in [0.2, 0.25) is 0 Å². The van der Waals surface area contributed by atoms with Crippen LogP contribution in [0.4, 0.5) is 0 Å². The van der Waals surface area contributed by atoms with Crippen LogP contribution >= 0.6 is 0 Å². The molecule has 2 rings (SSSR count). The molecular weight excluding hydrogens is 243 g/mol. The summed E-state index contributed by atoms with van der Waals surface area (Å²) in [6, 6.07) is 8.70. The van der Waals surface area contributed by atoms with Crippen LogP contribution in [0.1, 0.15) is 5.56 Å². The Bertz CT molecular complexity index is 447. The van der Waals surface area contributed by atoms with Crippen molar-refractivity contribution in [3.8, 4) is 5.75 Å². The first kappa shape index (κ1) is 15.6. The molecule has 1 aliphatic heterocycles. The van der Waals surface area contributed by atoms with Crippen LogP contribution in [0.3, 0.4) is 0 Å². The van der Waals surface area contributed by atoms with E-state index < -0.39 is 10.4 Å². The van der Waals surface area contributed by atoms with E-state index in [0.717, 1.165) is 11.3 Å². The second-order valence-electron chi connectivity index (χ2n) is 2.63. The Labute approximate surface area is 116 Å². The van der Waals surface area contributed by atoms with Crippen molar-refractivity contribution in [3.63, 3.8) is 0 Å². The van der Waals surface area contributed by atoms with E-state index >= 15 is 0 Å². The van der Waals surface area contributed by atoms with Crippen molar-refractivity contribution in [2.75, 3.05) is 6.61 Å². The number of rotatable bonds is 0. The maximum Gasteiger partial charge on any atom is 1.00 e. The van der Waals surface area contributed by atoms with E-state index in [2.05, 4.69) is 12.1 Å². The number of ether oxygens (including phenoxy) is 1. The largest absolute Gasteiger partial charge is 1.00 e. The molecule has 16 heavy (non-hydrogen) atoms. The van der Waals surface area contributed by atoms with Gasteiger partial charge in [-0.05, 0) is 0 Å². The zero-order valence-corrected chi connectivity index (χ0v) is 11.4. The van der Waals surface area contributed by atoms with Crippen LogP contribution < -0.4 is 34.3 Å². The molecule has 2 N–H and O–H groups in total. The Kier molecular flexibility index (Phi) is 6.89. The van der Waals surface area contributed by atoms with Crippen LogP contribution in [0.15, 0.2) is 24.3 Å². The summed E-state index contributed by atoms with van der Waals surface area (Å²) in [5, 5.41) is 0. The summed E-state index contributed by atoms with van der Waals surface area (Å²) >= 11 is 0. The summed E-state index contributed by atoms with van der Waals surface area (Å²) in [6.07, 6.45) is 4.06. The van der Waals surface area contributed by atoms with Gasteiger partial charge in [-0.15, -0.1) is 6.07 Å². The summed E-state index contributed by atoms with van der Waals surface area (Å²) in [5.74, 6) is 0.935. The Morgan fingerprint density at radius 1 is 1.38 bits per heavy atom. The van der Waals surface area contributed by atoms with Crippen LogP contribution in [-0.2, 0) is 10.4 Å². The van der Waals surface area contributed by atoms with Crippen molar-refractivity contribution in [2.45, 2.75) is 0 Å². The number of fused-ring (bicyclic) bond motifs is 1. The van der Waals surface area contributed by atoms with Crippen LogP contribution in [-0.4, -0.2) is 24.1 Å².